The van der Waals surface area contributed by atoms with Crippen molar-refractivity contribution in [2.24, 2.45) is 0 Å². The van der Waals surface area contributed by atoms with E-state index in [1.54, 1.807) is 0 Å². The maximum Gasteiger partial charge on any atom is 0.416 e. The van der Waals surface area contributed by atoms with Gasteiger partial charge in [0.1, 0.15) is 0 Å². The standard InChI is InChI=1S/C13H17F3N2O2S/c1-21(19,20)18(11-6-7-17-8-11)9-10-4-2-3-5-12(10)13(14,15)16/h2-5,11,17H,6-9H2,1H3/t11-/m0/s1. The fourth-order valence-corrected chi connectivity index (χ4v) is 3.60. The fraction of sp³-hybridized carbons (Fsp3) is 0.538. The van der Waals surface area contributed by atoms with Gasteiger partial charge in [0.25, 0.3) is 0 Å². The second-order valence-corrected chi connectivity index (χ2v) is 7.04. The van der Waals surface area contributed by atoms with Crippen LogP contribution in [-0.2, 0) is 22.7 Å². The number of alkyl halides is 3. The molecule has 1 heterocycles. The molecule has 0 aromatic heterocycles. The lowest BCUT2D eigenvalue weighted by molar-refractivity contribution is -0.138. The molecule has 1 fully saturated rings. The Kier molecular flexibility index (Phi) is 4.60. The minimum absolute atomic E-state index is 0.0256. The van der Waals surface area contributed by atoms with Gasteiger partial charge < -0.3 is 5.32 Å². The molecule has 1 atom stereocenters. The van der Waals surface area contributed by atoms with Crippen LogP contribution in [0, 0.1) is 0 Å². The molecule has 1 N–H and O–H groups in total. The largest absolute Gasteiger partial charge is 0.416 e. The Labute approximate surface area is 122 Å². The average Bonchev–Trinajstić information content (AvgIpc) is 2.87. The highest BCUT2D eigenvalue weighted by Gasteiger charge is 2.35. The number of sulfonamides is 1. The Hall–Kier alpha value is -1.12. The van der Waals surface area contributed by atoms with Crippen LogP contribution in [0.15, 0.2) is 24.3 Å². The zero-order valence-electron chi connectivity index (χ0n) is 11.5. The zero-order chi connectivity index (χ0) is 15.7. The van der Waals surface area contributed by atoms with Gasteiger partial charge in [-0.15, -0.1) is 0 Å². The maximum absolute atomic E-state index is 13.0. The van der Waals surface area contributed by atoms with Crippen molar-refractivity contribution in [3.05, 3.63) is 35.4 Å². The lowest BCUT2D eigenvalue weighted by Gasteiger charge is -2.27. The van der Waals surface area contributed by atoms with Crippen LogP contribution >= 0.6 is 0 Å². The molecule has 2 rings (SSSR count). The highest BCUT2D eigenvalue weighted by atomic mass is 32.2. The minimum Gasteiger partial charge on any atom is -0.315 e. The molecule has 21 heavy (non-hydrogen) atoms. The van der Waals surface area contributed by atoms with Crippen molar-refractivity contribution in [1.82, 2.24) is 9.62 Å². The van der Waals surface area contributed by atoms with Crippen LogP contribution in [-0.4, -0.2) is 38.1 Å². The lowest BCUT2D eigenvalue weighted by atomic mass is 10.1. The van der Waals surface area contributed by atoms with E-state index in [9.17, 15) is 21.6 Å². The van der Waals surface area contributed by atoms with Gasteiger partial charge in [-0.2, -0.15) is 17.5 Å². The third-order valence-corrected chi connectivity index (χ3v) is 4.80. The predicted octanol–water partition coefficient (Wildman–Crippen LogP) is 1.83. The molecule has 4 nitrogen and oxygen atoms in total. The maximum atomic E-state index is 13.0. The van der Waals surface area contributed by atoms with Crippen molar-refractivity contribution in [3.8, 4) is 0 Å². The Morgan fingerprint density at radius 2 is 2.00 bits per heavy atom. The van der Waals surface area contributed by atoms with E-state index >= 15 is 0 Å². The molecule has 118 valence electrons. The van der Waals surface area contributed by atoms with Gasteiger partial charge in [-0.25, -0.2) is 8.42 Å². The summed E-state index contributed by atoms with van der Waals surface area (Å²) in [5.41, 5.74) is -0.813. The molecule has 1 saturated heterocycles. The number of halogens is 3. The van der Waals surface area contributed by atoms with E-state index in [-0.39, 0.29) is 18.2 Å². The Bertz CT molecular complexity index is 596. The average molecular weight is 322 g/mol. The van der Waals surface area contributed by atoms with Gasteiger partial charge in [0.15, 0.2) is 0 Å². The minimum atomic E-state index is -4.49. The van der Waals surface area contributed by atoms with E-state index in [4.69, 9.17) is 0 Å². The van der Waals surface area contributed by atoms with Crippen LogP contribution in [0.5, 0.6) is 0 Å². The molecule has 0 unspecified atom stereocenters. The van der Waals surface area contributed by atoms with Crippen LogP contribution in [0.4, 0.5) is 13.2 Å². The third kappa shape index (κ3) is 3.96. The molecule has 1 aliphatic heterocycles. The van der Waals surface area contributed by atoms with Gasteiger partial charge in [-0.05, 0) is 24.6 Å². The summed E-state index contributed by atoms with van der Waals surface area (Å²) in [6.07, 6.45) is -2.86. The van der Waals surface area contributed by atoms with Crippen LogP contribution in [0.25, 0.3) is 0 Å². The summed E-state index contributed by atoms with van der Waals surface area (Å²) in [4.78, 5) is 0. The second kappa shape index (κ2) is 5.94. The number of hydrogen-bond donors (Lipinski definition) is 1. The number of nitrogens with one attached hydrogen (secondary N) is 1. The van der Waals surface area contributed by atoms with Gasteiger partial charge in [0, 0.05) is 19.1 Å². The monoisotopic (exact) mass is 322 g/mol. The molecule has 1 aromatic carbocycles. The van der Waals surface area contributed by atoms with Crippen molar-refractivity contribution >= 4 is 10.0 Å². The Morgan fingerprint density at radius 3 is 2.52 bits per heavy atom. The number of rotatable bonds is 4. The SMILES string of the molecule is CS(=O)(=O)N(Cc1ccccc1C(F)(F)F)[C@H]1CCNC1. The van der Waals surface area contributed by atoms with Crippen LogP contribution in [0.2, 0.25) is 0 Å². The summed E-state index contributed by atoms with van der Waals surface area (Å²) in [6, 6.07) is 4.78. The number of nitrogens with zero attached hydrogens (tertiary/aromatic N) is 1. The van der Waals surface area contributed by atoms with E-state index in [1.807, 2.05) is 0 Å². The normalized spacial score (nSPS) is 20.1. The first-order chi connectivity index (χ1) is 9.69. The summed E-state index contributed by atoms with van der Waals surface area (Å²) in [5, 5.41) is 3.03. The molecule has 0 radical (unpaired) electrons. The van der Waals surface area contributed by atoms with Crippen molar-refractivity contribution in [1.29, 1.82) is 0 Å². The summed E-state index contributed by atoms with van der Waals surface area (Å²) < 4.78 is 63.9. The molecule has 1 aromatic rings. The van der Waals surface area contributed by atoms with Gasteiger partial charge in [-0.1, -0.05) is 18.2 Å². The molecular weight excluding hydrogens is 305 g/mol. The molecule has 0 saturated carbocycles. The third-order valence-electron chi connectivity index (χ3n) is 3.52. The van der Waals surface area contributed by atoms with Crippen molar-refractivity contribution in [2.45, 2.75) is 25.2 Å². The highest BCUT2D eigenvalue weighted by molar-refractivity contribution is 7.88. The topological polar surface area (TPSA) is 49.4 Å². The first-order valence-corrected chi connectivity index (χ1v) is 8.37. The van der Waals surface area contributed by atoms with Gasteiger partial charge in [0.2, 0.25) is 10.0 Å². The Balaban J connectivity index is 2.34. The smallest absolute Gasteiger partial charge is 0.315 e. The van der Waals surface area contributed by atoms with Gasteiger partial charge in [-0.3, -0.25) is 0 Å². The zero-order valence-corrected chi connectivity index (χ0v) is 12.3. The van der Waals surface area contributed by atoms with Gasteiger partial charge in [0.05, 0.1) is 11.8 Å². The Morgan fingerprint density at radius 1 is 1.33 bits per heavy atom. The van der Waals surface area contributed by atoms with E-state index in [0.717, 1.165) is 16.6 Å². The van der Waals surface area contributed by atoms with Crippen LogP contribution in [0.3, 0.4) is 0 Å². The molecule has 8 heteroatoms. The molecular formula is C13H17F3N2O2S. The first kappa shape index (κ1) is 16.3. The fourth-order valence-electron chi connectivity index (χ4n) is 2.50. The van der Waals surface area contributed by atoms with E-state index < -0.39 is 21.8 Å². The number of hydrogen-bond acceptors (Lipinski definition) is 3. The molecule has 1 aliphatic rings. The van der Waals surface area contributed by atoms with E-state index in [2.05, 4.69) is 5.32 Å². The van der Waals surface area contributed by atoms with Crippen molar-refractivity contribution in [3.63, 3.8) is 0 Å². The lowest BCUT2D eigenvalue weighted by Crippen LogP contribution is -2.40. The quantitative estimate of drug-likeness (QED) is 0.920. The number of benzene rings is 1. The first-order valence-electron chi connectivity index (χ1n) is 6.52. The molecule has 0 bridgehead atoms. The van der Waals surface area contributed by atoms with E-state index in [1.165, 1.54) is 18.2 Å². The summed E-state index contributed by atoms with van der Waals surface area (Å²) >= 11 is 0. The molecule has 0 amide bonds. The summed E-state index contributed by atoms with van der Waals surface area (Å²) in [6.45, 7) is 0.861. The summed E-state index contributed by atoms with van der Waals surface area (Å²) in [5.74, 6) is 0. The van der Waals surface area contributed by atoms with Crippen molar-refractivity contribution < 1.29 is 21.6 Å². The highest BCUT2D eigenvalue weighted by Crippen LogP contribution is 2.33. The van der Waals surface area contributed by atoms with Crippen LogP contribution in [0.1, 0.15) is 17.5 Å². The molecule has 0 spiro atoms. The van der Waals surface area contributed by atoms with E-state index in [0.29, 0.717) is 19.5 Å². The van der Waals surface area contributed by atoms with Crippen molar-refractivity contribution in [2.75, 3.05) is 19.3 Å². The van der Waals surface area contributed by atoms with Gasteiger partial charge >= 0.3 is 6.18 Å². The molecule has 0 aliphatic carbocycles. The predicted molar refractivity (Wildman–Crippen MR) is 73.1 cm³/mol. The second-order valence-electron chi connectivity index (χ2n) is 5.11. The van der Waals surface area contributed by atoms with Crippen LogP contribution < -0.4 is 5.32 Å². The summed E-state index contributed by atoms with van der Waals surface area (Å²) in [7, 11) is -3.58.